The molecule has 56 valence electrons. The third-order valence-electron chi connectivity index (χ3n) is 1.37. The van der Waals surface area contributed by atoms with E-state index < -0.39 is 8.41 Å². The van der Waals surface area contributed by atoms with E-state index in [4.69, 9.17) is 0 Å². The SMILES string of the molecule is CCCCC[Si](C)(C)F. The highest BCUT2D eigenvalue weighted by Crippen LogP contribution is 2.14. The van der Waals surface area contributed by atoms with Crippen LogP contribution in [0, 0.1) is 0 Å². The van der Waals surface area contributed by atoms with Crippen LogP contribution in [0.2, 0.25) is 19.1 Å². The molecule has 0 nitrogen and oxygen atoms in total. The smallest absolute Gasteiger partial charge is 0.240 e. The molecule has 0 N–H and O–H groups in total. The highest BCUT2D eigenvalue weighted by Gasteiger charge is 2.18. The predicted molar refractivity (Wildman–Crippen MR) is 42.9 cm³/mol. The molecule has 0 rings (SSSR count). The van der Waals surface area contributed by atoms with Crippen molar-refractivity contribution in [2.24, 2.45) is 0 Å². The number of halogens is 1. The van der Waals surface area contributed by atoms with Crippen LogP contribution in [-0.4, -0.2) is 8.41 Å². The van der Waals surface area contributed by atoms with Crippen LogP contribution in [0.1, 0.15) is 26.2 Å². The minimum atomic E-state index is -2.19. The van der Waals surface area contributed by atoms with Crippen molar-refractivity contribution < 1.29 is 4.11 Å². The van der Waals surface area contributed by atoms with Crippen molar-refractivity contribution in [1.82, 2.24) is 0 Å². The number of hydrogen-bond acceptors (Lipinski definition) is 0. The summed E-state index contributed by atoms with van der Waals surface area (Å²) < 4.78 is 12.9. The lowest BCUT2D eigenvalue weighted by molar-refractivity contribution is 0.715. The van der Waals surface area contributed by atoms with Gasteiger partial charge in [-0.2, -0.15) is 0 Å². The fourth-order valence-electron chi connectivity index (χ4n) is 0.795. The molecule has 0 amide bonds. The van der Waals surface area contributed by atoms with Crippen LogP contribution in [0.4, 0.5) is 4.11 Å². The zero-order valence-corrected chi connectivity index (χ0v) is 7.71. The number of rotatable bonds is 4. The monoisotopic (exact) mass is 148 g/mol. The molecule has 2 heteroatoms. The van der Waals surface area contributed by atoms with Gasteiger partial charge < -0.3 is 4.11 Å². The maximum atomic E-state index is 12.9. The molecule has 0 saturated heterocycles. The lowest BCUT2D eigenvalue weighted by atomic mass is 10.3. The van der Waals surface area contributed by atoms with Crippen molar-refractivity contribution in [2.45, 2.75) is 45.3 Å². The third kappa shape index (κ3) is 8.15. The van der Waals surface area contributed by atoms with E-state index in [2.05, 4.69) is 6.92 Å². The van der Waals surface area contributed by atoms with E-state index in [1.807, 2.05) is 0 Å². The quantitative estimate of drug-likeness (QED) is 0.326. The zero-order valence-electron chi connectivity index (χ0n) is 6.71. The Labute approximate surface area is 58.6 Å². The van der Waals surface area contributed by atoms with Crippen LogP contribution >= 0.6 is 0 Å². The van der Waals surface area contributed by atoms with Gasteiger partial charge in [-0.1, -0.05) is 26.2 Å². The van der Waals surface area contributed by atoms with Gasteiger partial charge in [-0.05, 0) is 19.1 Å². The topological polar surface area (TPSA) is 0 Å². The summed E-state index contributed by atoms with van der Waals surface area (Å²) in [5, 5.41) is 0. The first-order valence-electron chi connectivity index (χ1n) is 3.75. The molecule has 0 saturated carbocycles. The summed E-state index contributed by atoms with van der Waals surface area (Å²) >= 11 is 0. The van der Waals surface area contributed by atoms with Crippen LogP contribution in [0.5, 0.6) is 0 Å². The predicted octanol–water partition coefficient (Wildman–Crippen LogP) is 3.35. The number of hydrogen-bond donors (Lipinski definition) is 0. The van der Waals surface area contributed by atoms with Crippen molar-refractivity contribution in [2.75, 3.05) is 0 Å². The summed E-state index contributed by atoms with van der Waals surface area (Å²) in [6.07, 6.45) is 3.48. The summed E-state index contributed by atoms with van der Waals surface area (Å²) in [5.41, 5.74) is 0. The molecule has 0 aromatic carbocycles. The summed E-state index contributed by atoms with van der Waals surface area (Å²) in [7, 11) is -2.19. The Balaban J connectivity index is 3.07. The molecule has 0 bridgehead atoms. The van der Waals surface area contributed by atoms with Crippen LogP contribution in [0.3, 0.4) is 0 Å². The molecule has 9 heavy (non-hydrogen) atoms. The summed E-state index contributed by atoms with van der Waals surface area (Å²) in [6, 6.07) is 0.848. The van der Waals surface area contributed by atoms with Crippen LogP contribution in [-0.2, 0) is 0 Å². The average molecular weight is 148 g/mol. The average Bonchev–Trinajstić information content (AvgIpc) is 1.63. The minimum Gasteiger partial charge on any atom is -0.314 e. The second-order valence-corrected chi connectivity index (χ2v) is 7.11. The Hall–Kier alpha value is 0.147. The molecule has 0 heterocycles. The first-order chi connectivity index (χ1) is 4.06. The van der Waals surface area contributed by atoms with Gasteiger partial charge >= 0.3 is 0 Å². The second-order valence-electron chi connectivity index (χ2n) is 3.18. The molecule has 0 atom stereocenters. The normalized spacial score (nSPS) is 12.0. The zero-order chi connectivity index (χ0) is 7.33. The Kier molecular flexibility index (Phi) is 4.11. The van der Waals surface area contributed by atoms with Crippen LogP contribution in [0.15, 0.2) is 0 Å². The van der Waals surface area contributed by atoms with Crippen molar-refractivity contribution >= 4 is 8.41 Å². The number of unbranched alkanes of at least 4 members (excludes halogenated alkanes) is 2. The molecule has 0 fully saturated rings. The molecule has 0 unspecified atom stereocenters. The molecule has 0 radical (unpaired) electrons. The van der Waals surface area contributed by atoms with E-state index in [1.165, 1.54) is 12.8 Å². The highest BCUT2D eigenvalue weighted by molar-refractivity contribution is 6.70. The van der Waals surface area contributed by atoms with Crippen molar-refractivity contribution in [3.05, 3.63) is 0 Å². The van der Waals surface area contributed by atoms with Gasteiger partial charge in [0.15, 0.2) is 0 Å². The summed E-state index contributed by atoms with van der Waals surface area (Å²) in [5.74, 6) is 0. The first kappa shape index (κ1) is 9.15. The van der Waals surface area contributed by atoms with E-state index >= 15 is 0 Å². The minimum absolute atomic E-state index is 0.848. The van der Waals surface area contributed by atoms with E-state index in [0.29, 0.717) is 0 Å². The molecule has 0 aromatic rings. The van der Waals surface area contributed by atoms with E-state index in [9.17, 15) is 4.11 Å². The van der Waals surface area contributed by atoms with E-state index in [-0.39, 0.29) is 0 Å². The van der Waals surface area contributed by atoms with Gasteiger partial charge in [0.25, 0.3) is 0 Å². The van der Waals surface area contributed by atoms with Crippen LogP contribution < -0.4 is 0 Å². The van der Waals surface area contributed by atoms with Gasteiger partial charge in [-0.25, -0.2) is 0 Å². The van der Waals surface area contributed by atoms with Crippen molar-refractivity contribution in [3.63, 3.8) is 0 Å². The largest absolute Gasteiger partial charge is 0.314 e. The molecule has 0 aliphatic carbocycles. The van der Waals surface area contributed by atoms with Gasteiger partial charge in [0, 0.05) is 0 Å². The lowest BCUT2D eigenvalue weighted by Crippen LogP contribution is -2.16. The summed E-state index contributed by atoms with van der Waals surface area (Å²) in [4.78, 5) is 0. The molecular formula is C7H17FSi. The standard InChI is InChI=1S/C7H17FSi/c1-4-5-6-7-9(2,3)8/h4-7H2,1-3H3. The van der Waals surface area contributed by atoms with Gasteiger partial charge in [0.05, 0.1) is 0 Å². The lowest BCUT2D eigenvalue weighted by Gasteiger charge is -2.08. The Morgan fingerprint density at radius 2 is 1.78 bits per heavy atom. The molecule has 0 aliphatic heterocycles. The van der Waals surface area contributed by atoms with Crippen molar-refractivity contribution in [3.8, 4) is 0 Å². The fourth-order valence-corrected chi connectivity index (χ4v) is 1.89. The summed E-state index contributed by atoms with van der Waals surface area (Å²) in [6.45, 7) is 5.71. The van der Waals surface area contributed by atoms with Gasteiger partial charge in [0.1, 0.15) is 0 Å². The Morgan fingerprint density at radius 1 is 1.22 bits per heavy atom. The Morgan fingerprint density at radius 3 is 2.11 bits per heavy atom. The molecule has 0 aromatic heterocycles. The van der Waals surface area contributed by atoms with Gasteiger partial charge in [0.2, 0.25) is 8.41 Å². The molecular weight excluding hydrogens is 131 g/mol. The first-order valence-corrected chi connectivity index (χ1v) is 6.83. The molecule has 0 aliphatic rings. The van der Waals surface area contributed by atoms with E-state index in [0.717, 1.165) is 12.5 Å². The van der Waals surface area contributed by atoms with Gasteiger partial charge in [-0.3, -0.25) is 0 Å². The Bertz CT molecular complexity index is 65.8. The van der Waals surface area contributed by atoms with E-state index in [1.54, 1.807) is 13.1 Å². The van der Waals surface area contributed by atoms with Crippen LogP contribution in [0.25, 0.3) is 0 Å². The second kappa shape index (κ2) is 4.04. The van der Waals surface area contributed by atoms with Crippen molar-refractivity contribution in [1.29, 1.82) is 0 Å². The fraction of sp³-hybridized carbons (Fsp3) is 1.00. The maximum Gasteiger partial charge on any atom is 0.240 e. The van der Waals surface area contributed by atoms with Gasteiger partial charge in [-0.15, -0.1) is 0 Å². The highest BCUT2D eigenvalue weighted by atomic mass is 28.4. The maximum absolute atomic E-state index is 12.9. The molecule has 0 spiro atoms. The third-order valence-corrected chi connectivity index (χ3v) is 2.92.